The van der Waals surface area contributed by atoms with Gasteiger partial charge in [-0.25, -0.2) is 13.8 Å². The molecule has 1 fully saturated rings. The van der Waals surface area contributed by atoms with Gasteiger partial charge in [-0.1, -0.05) is 6.07 Å². The van der Waals surface area contributed by atoms with Gasteiger partial charge in [-0.2, -0.15) is 18.3 Å². The Balaban J connectivity index is 1.57. The van der Waals surface area contributed by atoms with Crippen LogP contribution >= 0.6 is 0 Å². The second-order valence-electron chi connectivity index (χ2n) is 10.5. The Labute approximate surface area is 252 Å². The van der Waals surface area contributed by atoms with Crippen LogP contribution in [0.1, 0.15) is 47.4 Å². The molecule has 2 heterocycles. The van der Waals surface area contributed by atoms with Crippen LogP contribution in [0.15, 0.2) is 42.6 Å². The van der Waals surface area contributed by atoms with E-state index in [1.807, 2.05) is 0 Å². The summed E-state index contributed by atoms with van der Waals surface area (Å²) in [5.41, 5.74) is -0.758. The number of hydrogen-bond donors (Lipinski definition) is 3. The molecule has 1 saturated carbocycles. The minimum absolute atomic E-state index is 0.0733. The van der Waals surface area contributed by atoms with Gasteiger partial charge < -0.3 is 25.6 Å². The number of aliphatic hydroxyl groups is 1. The number of ether oxygens (including phenoxy) is 2. The lowest BCUT2D eigenvalue weighted by Gasteiger charge is -2.31. The van der Waals surface area contributed by atoms with Crippen LogP contribution in [0, 0.1) is 11.6 Å². The minimum Gasteiger partial charge on any atom is -0.494 e. The molecule has 0 spiro atoms. The molecule has 5 rings (SSSR count). The molecule has 1 aliphatic carbocycles. The van der Waals surface area contributed by atoms with Crippen molar-refractivity contribution in [1.82, 2.24) is 20.1 Å². The van der Waals surface area contributed by atoms with Crippen LogP contribution < -0.4 is 20.5 Å². The molecular weight excluding hydrogens is 605 g/mol. The number of hydrogen-bond acceptors (Lipinski definition) is 7. The van der Waals surface area contributed by atoms with Gasteiger partial charge in [0.25, 0.3) is 5.91 Å². The number of nitrogens with zero attached hydrogens (tertiary/aromatic N) is 3. The summed E-state index contributed by atoms with van der Waals surface area (Å²) in [7, 11) is 1.36. The SMILES string of the molecule is CCOc1c(CC(N)=O)cc([C@@](O)(CNC(=O)c2cc(OC)c3nn(C4CC4)cc3c2)C(F)(F)F)nc1-c1cccc(F)c1F. The predicted octanol–water partition coefficient (Wildman–Crippen LogP) is 4.33. The number of benzene rings is 2. The number of rotatable bonds is 11. The van der Waals surface area contributed by atoms with Crippen LogP contribution in [0.25, 0.3) is 22.2 Å². The van der Waals surface area contributed by atoms with E-state index >= 15 is 0 Å². The fraction of sp³-hybridized carbons (Fsp3) is 0.333. The monoisotopic (exact) mass is 633 g/mol. The average Bonchev–Trinajstić information content (AvgIpc) is 3.75. The van der Waals surface area contributed by atoms with Crippen molar-refractivity contribution < 1.29 is 46.1 Å². The summed E-state index contributed by atoms with van der Waals surface area (Å²) in [6, 6.07) is 6.62. The maximum atomic E-state index is 14.9. The Morgan fingerprint density at radius 1 is 1.18 bits per heavy atom. The van der Waals surface area contributed by atoms with E-state index in [2.05, 4.69) is 15.4 Å². The molecule has 2 aromatic heterocycles. The standard InChI is InChI=1S/C30H28F5N5O5/c1-3-45-27-15(12-23(36)41)11-22(38-26(27)19-5-4-6-20(31)24(19)32)29(43,30(33,34)35)14-37-28(42)16-9-17-13-40(18-7-8-18)39-25(17)21(10-16)44-2/h4-6,9-11,13,18,43H,3,7-8,12,14H2,1-2H3,(H2,36,41)(H,37,42)/t29-/m0/s1. The van der Waals surface area contributed by atoms with Gasteiger partial charge in [0.2, 0.25) is 11.5 Å². The van der Waals surface area contributed by atoms with Crippen molar-refractivity contribution in [1.29, 1.82) is 0 Å². The van der Waals surface area contributed by atoms with Crippen LogP contribution in [0.4, 0.5) is 22.0 Å². The first-order valence-corrected chi connectivity index (χ1v) is 13.8. The van der Waals surface area contributed by atoms with Gasteiger partial charge in [0.15, 0.2) is 11.6 Å². The second-order valence-corrected chi connectivity index (χ2v) is 10.5. The van der Waals surface area contributed by atoms with Crippen molar-refractivity contribution in [2.75, 3.05) is 20.3 Å². The molecule has 10 nitrogen and oxygen atoms in total. The number of pyridine rings is 1. The van der Waals surface area contributed by atoms with E-state index in [0.717, 1.165) is 37.1 Å². The molecule has 2 amide bonds. The summed E-state index contributed by atoms with van der Waals surface area (Å²) >= 11 is 0. The van der Waals surface area contributed by atoms with E-state index in [9.17, 15) is 36.6 Å². The Hall–Kier alpha value is -4.79. The van der Waals surface area contributed by atoms with E-state index in [1.165, 1.54) is 26.2 Å². The summed E-state index contributed by atoms with van der Waals surface area (Å²) < 4.78 is 85.6. The highest BCUT2D eigenvalue weighted by atomic mass is 19.4. The number of halogens is 5. The normalized spacial score (nSPS) is 14.7. The Kier molecular flexibility index (Phi) is 8.40. The van der Waals surface area contributed by atoms with E-state index in [4.69, 9.17) is 15.2 Å². The number of nitrogens with one attached hydrogen (secondary N) is 1. The number of nitrogens with two attached hydrogens (primary N) is 1. The zero-order valence-corrected chi connectivity index (χ0v) is 24.0. The molecule has 0 radical (unpaired) electrons. The summed E-state index contributed by atoms with van der Waals surface area (Å²) in [6.07, 6.45) is -2.57. The lowest BCUT2D eigenvalue weighted by Crippen LogP contribution is -2.51. The van der Waals surface area contributed by atoms with E-state index in [-0.39, 0.29) is 35.3 Å². The number of aromatic nitrogens is 3. The molecule has 4 N–H and O–H groups in total. The highest BCUT2D eigenvalue weighted by Gasteiger charge is 2.57. The van der Waals surface area contributed by atoms with Gasteiger partial charge in [-0.3, -0.25) is 14.3 Å². The van der Waals surface area contributed by atoms with Gasteiger partial charge >= 0.3 is 6.18 Å². The molecule has 0 aliphatic heterocycles. The Morgan fingerprint density at radius 2 is 1.91 bits per heavy atom. The molecule has 1 atom stereocenters. The smallest absolute Gasteiger partial charge is 0.424 e. The van der Waals surface area contributed by atoms with Crippen LogP contribution in [0.5, 0.6) is 11.5 Å². The number of amides is 2. The van der Waals surface area contributed by atoms with Gasteiger partial charge in [-0.05, 0) is 50.1 Å². The van der Waals surface area contributed by atoms with Crippen LogP contribution in [0.2, 0.25) is 0 Å². The fourth-order valence-corrected chi connectivity index (χ4v) is 4.87. The summed E-state index contributed by atoms with van der Waals surface area (Å²) in [5.74, 6) is -4.87. The van der Waals surface area contributed by atoms with E-state index in [1.54, 1.807) is 10.9 Å². The van der Waals surface area contributed by atoms with Gasteiger partial charge in [0, 0.05) is 28.3 Å². The van der Waals surface area contributed by atoms with Crippen molar-refractivity contribution in [2.45, 2.75) is 44.0 Å². The number of fused-ring (bicyclic) bond motifs is 1. The molecule has 1 aliphatic rings. The van der Waals surface area contributed by atoms with Gasteiger partial charge in [-0.15, -0.1) is 0 Å². The first-order chi connectivity index (χ1) is 21.3. The number of methoxy groups -OCH3 is 1. The summed E-state index contributed by atoms with van der Waals surface area (Å²) in [4.78, 5) is 28.9. The topological polar surface area (TPSA) is 142 Å². The predicted molar refractivity (Wildman–Crippen MR) is 150 cm³/mol. The Bertz CT molecular complexity index is 1790. The molecule has 0 saturated heterocycles. The van der Waals surface area contributed by atoms with Crippen LogP contribution in [-0.4, -0.2) is 58.1 Å². The molecule has 45 heavy (non-hydrogen) atoms. The summed E-state index contributed by atoms with van der Waals surface area (Å²) in [5, 5.41) is 18.2. The first-order valence-electron chi connectivity index (χ1n) is 13.8. The maximum absolute atomic E-state index is 14.9. The van der Waals surface area contributed by atoms with Crippen molar-refractivity contribution in [2.24, 2.45) is 5.73 Å². The maximum Gasteiger partial charge on any atom is 0.424 e. The molecule has 4 aromatic rings. The zero-order chi connectivity index (χ0) is 32.7. The van der Waals surface area contributed by atoms with E-state index < -0.39 is 65.1 Å². The third kappa shape index (κ3) is 6.12. The number of primary amides is 1. The third-order valence-electron chi connectivity index (χ3n) is 7.30. The quantitative estimate of drug-likeness (QED) is 0.209. The highest BCUT2D eigenvalue weighted by Crippen LogP contribution is 2.43. The molecule has 238 valence electrons. The highest BCUT2D eigenvalue weighted by molar-refractivity contribution is 6.00. The van der Waals surface area contributed by atoms with Crippen molar-refractivity contribution in [3.05, 3.63) is 71.1 Å². The largest absolute Gasteiger partial charge is 0.494 e. The third-order valence-corrected chi connectivity index (χ3v) is 7.30. The molecule has 15 heteroatoms. The van der Waals surface area contributed by atoms with Crippen molar-refractivity contribution >= 4 is 22.7 Å². The fourth-order valence-electron chi connectivity index (χ4n) is 4.87. The number of alkyl halides is 3. The van der Waals surface area contributed by atoms with Crippen molar-refractivity contribution in [3.63, 3.8) is 0 Å². The van der Waals surface area contributed by atoms with Gasteiger partial charge in [0.05, 0.1) is 38.4 Å². The number of carbonyl (C=O) groups is 2. The Morgan fingerprint density at radius 3 is 2.53 bits per heavy atom. The summed E-state index contributed by atoms with van der Waals surface area (Å²) in [6.45, 7) is -0.0265. The number of carbonyl (C=O) groups excluding carboxylic acids is 2. The molecule has 0 bridgehead atoms. The van der Waals surface area contributed by atoms with Crippen LogP contribution in [0.3, 0.4) is 0 Å². The van der Waals surface area contributed by atoms with Gasteiger partial charge in [0.1, 0.15) is 22.7 Å². The first kappa shape index (κ1) is 31.6. The minimum atomic E-state index is -5.46. The van der Waals surface area contributed by atoms with E-state index in [0.29, 0.717) is 10.9 Å². The lowest BCUT2D eigenvalue weighted by atomic mass is 9.93. The lowest BCUT2D eigenvalue weighted by molar-refractivity contribution is -0.265. The molecule has 2 aromatic carbocycles. The molecule has 0 unspecified atom stereocenters. The van der Waals surface area contributed by atoms with Crippen molar-refractivity contribution in [3.8, 4) is 22.8 Å². The average molecular weight is 634 g/mol. The zero-order valence-electron chi connectivity index (χ0n) is 24.0. The van der Waals surface area contributed by atoms with Crippen LogP contribution in [-0.2, 0) is 16.8 Å². The molecular formula is C30H28F5N5O5. The second kappa shape index (κ2) is 12.0.